The molecule has 2 aliphatic heterocycles. The molecule has 188 valence electrons. The van der Waals surface area contributed by atoms with Crippen molar-refractivity contribution in [3.63, 3.8) is 0 Å². The lowest BCUT2D eigenvalue weighted by Crippen LogP contribution is -2.46. The number of thiocarbonyl (C=S) groups is 1. The van der Waals surface area contributed by atoms with Gasteiger partial charge in [-0.3, -0.25) is 0 Å². The Labute approximate surface area is 213 Å². The lowest BCUT2D eigenvalue weighted by Gasteiger charge is -2.20. The summed E-state index contributed by atoms with van der Waals surface area (Å²) in [6.45, 7) is 0.856. The van der Waals surface area contributed by atoms with Crippen LogP contribution in [0.2, 0.25) is 0 Å². The van der Waals surface area contributed by atoms with E-state index < -0.39 is 0 Å². The van der Waals surface area contributed by atoms with E-state index in [1.54, 1.807) is 44.7 Å². The van der Waals surface area contributed by atoms with E-state index in [2.05, 4.69) is 25.9 Å². The zero-order chi connectivity index (χ0) is 25.1. The summed E-state index contributed by atoms with van der Waals surface area (Å²) in [5, 5.41) is 10.2. The van der Waals surface area contributed by atoms with Crippen LogP contribution in [0.15, 0.2) is 54.7 Å². The van der Waals surface area contributed by atoms with Gasteiger partial charge in [-0.05, 0) is 30.4 Å². The molecule has 3 heterocycles. The first-order valence-electron chi connectivity index (χ1n) is 11.4. The number of benzene rings is 2. The first-order chi connectivity index (χ1) is 17.5. The third kappa shape index (κ3) is 5.32. The van der Waals surface area contributed by atoms with E-state index in [4.69, 9.17) is 31.2 Å². The Morgan fingerprint density at radius 3 is 2.44 bits per heavy atom. The summed E-state index contributed by atoms with van der Waals surface area (Å²) < 4.78 is 36.3. The molecule has 9 nitrogen and oxygen atoms in total. The number of rotatable bonds is 7. The highest BCUT2D eigenvalue weighted by Gasteiger charge is 2.48. The van der Waals surface area contributed by atoms with Crippen LogP contribution < -0.4 is 25.4 Å². The van der Waals surface area contributed by atoms with Crippen molar-refractivity contribution in [1.82, 2.24) is 15.3 Å². The molecule has 36 heavy (non-hydrogen) atoms. The highest BCUT2D eigenvalue weighted by molar-refractivity contribution is 7.80. The van der Waals surface area contributed by atoms with Crippen molar-refractivity contribution in [3.05, 3.63) is 60.5 Å². The summed E-state index contributed by atoms with van der Waals surface area (Å²) >= 11 is 5.52. The summed E-state index contributed by atoms with van der Waals surface area (Å²) in [6, 6.07) is 13.2. The summed E-state index contributed by atoms with van der Waals surface area (Å²) in [6.07, 6.45) is 1.23. The molecule has 2 aliphatic rings. The number of anilines is 2. The maximum atomic E-state index is 13.6. The minimum atomic E-state index is -0.316. The zero-order valence-corrected chi connectivity index (χ0v) is 20.5. The molecular weight excluding hydrogens is 485 g/mol. The Hall–Kier alpha value is -3.54. The van der Waals surface area contributed by atoms with E-state index in [0.29, 0.717) is 47.0 Å². The van der Waals surface area contributed by atoms with Crippen molar-refractivity contribution in [3.8, 4) is 22.8 Å². The number of hydrogen-bond donors (Lipinski definition) is 3. The van der Waals surface area contributed by atoms with E-state index in [9.17, 15) is 4.39 Å². The van der Waals surface area contributed by atoms with Crippen LogP contribution in [0.4, 0.5) is 16.0 Å². The first-order valence-corrected chi connectivity index (χ1v) is 11.8. The molecule has 3 aromatic rings. The second-order valence-corrected chi connectivity index (χ2v) is 8.84. The Morgan fingerprint density at radius 1 is 1.00 bits per heavy atom. The fourth-order valence-electron chi connectivity index (χ4n) is 4.36. The number of methoxy groups -OCH3 is 2. The zero-order valence-electron chi connectivity index (χ0n) is 19.7. The van der Waals surface area contributed by atoms with Gasteiger partial charge in [0.1, 0.15) is 29.5 Å². The molecule has 3 N–H and O–H groups in total. The predicted molar refractivity (Wildman–Crippen MR) is 137 cm³/mol. The highest BCUT2D eigenvalue weighted by atomic mass is 32.1. The summed E-state index contributed by atoms with van der Waals surface area (Å²) in [5.41, 5.74) is 2.04. The number of ether oxygens (including phenoxy) is 4. The number of fused-ring (bicyclic) bond motifs is 1. The summed E-state index contributed by atoms with van der Waals surface area (Å²) in [7, 11) is 3.19. The molecule has 0 bridgehead atoms. The van der Waals surface area contributed by atoms with Crippen molar-refractivity contribution in [2.45, 2.75) is 24.3 Å². The molecule has 2 saturated heterocycles. The fraction of sp³-hybridized carbons (Fsp3) is 0.320. The number of nitrogens with one attached hydrogen (secondary N) is 3. The molecule has 4 atom stereocenters. The van der Waals surface area contributed by atoms with Crippen LogP contribution in [0.5, 0.6) is 11.5 Å². The number of nitrogens with zero attached hydrogens (tertiary/aromatic N) is 2. The van der Waals surface area contributed by atoms with E-state index in [1.165, 1.54) is 12.1 Å². The minimum Gasteiger partial charge on any atom is -0.497 e. The smallest absolute Gasteiger partial charge is 0.223 e. The van der Waals surface area contributed by atoms with Crippen LogP contribution in [0.3, 0.4) is 0 Å². The Morgan fingerprint density at radius 2 is 1.72 bits per heavy atom. The average Bonchev–Trinajstić information content (AvgIpc) is 3.47. The lowest BCUT2D eigenvalue weighted by molar-refractivity contribution is 0.0689. The first kappa shape index (κ1) is 24.2. The Kier molecular flexibility index (Phi) is 7.12. The summed E-state index contributed by atoms with van der Waals surface area (Å²) in [4.78, 5) is 8.85. The van der Waals surface area contributed by atoms with Gasteiger partial charge in [0.25, 0.3) is 0 Å². The number of aromatic nitrogens is 2. The highest BCUT2D eigenvalue weighted by Crippen LogP contribution is 2.30. The van der Waals surface area contributed by atoms with Gasteiger partial charge in [0, 0.05) is 35.6 Å². The standard InChI is InChI=1S/C25H26FN5O4S/c1-32-17-9-16(10-18(11-17)33-2)28-25(36)31-21-13-35-22-20(12-34-23(21)22)30-24-27-7-6-19(29-24)14-4-3-5-15(26)8-14/h3-11,20-23H,12-13H2,1-2H3,(H,27,29,30)(H2,28,31,36)/t20-,21-,22+,23+/m0/s1. The van der Waals surface area contributed by atoms with Gasteiger partial charge in [-0.1, -0.05) is 12.1 Å². The van der Waals surface area contributed by atoms with Crippen LogP contribution in [0.1, 0.15) is 0 Å². The normalized spacial score (nSPS) is 22.5. The van der Waals surface area contributed by atoms with E-state index in [-0.39, 0.29) is 30.1 Å². The average molecular weight is 512 g/mol. The Bertz CT molecular complexity index is 1230. The predicted octanol–water partition coefficient (Wildman–Crippen LogP) is 3.23. The van der Waals surface area contributed by atoms with Crippen LogP contribution >= 0.6 is 12.2 Å². The second-order valence-electron chi connectivity index (χ2n) is 8.43. The lowest BCUT2D eigenvalue weighted by atomic mass is 10.1. The largest absolute Gasteiger partial charge is 0.497 e. The quantitative estimate of drug-likeness (QED) is 0.410. The van der Waals surface area contributed by atoms with Crippen molar-refractivity contribution >= 4 is 29.0 Å². The molecule has 0 spiro atoms. The SMILES string of the molecule is COc1cc(NC(=S)N[C@H]2CO[C@H]3[C@@H]2OC[C@@H]3Nc2nccc(-c3cccc(F)c3)n2)cc(OC)c1. The second kappa shape index (κ2) is 10.6. The van der Waals surface area contributed by atoms with Gasteiger partial charge in [0.05, 0.1) is 45.2 Å². The van der Waals surface area contributed by atoms with Crippen LogP contribution in [0.25, 0.3) is 11.3 Å². The van der Waals surface area contributed by atoms with Crippen molar-refractivity contribution < 1.29 is 23.3 Å². The van der Waals surface area contributed by atoms with Crippen LogP contribution in [0, 0.1) is 5.82 Å². The maximum Gasteiger partial charge on any atom is 0.223 e. The molecule has 2 fully saturated rings. The van der Waals surface area contributed by atoms with Gasteiger partial charge in [0.2, 0.25) is 5.95 Å². The Balaban J connectivity index is 1.20. The third-order valence-corrected chi connectivity index (χ3v) is 6.29. The molecule has 11 heteroatoms. The van der Waals surface area contributed by atoms with Gasteiger partial charge < -0.3 is 34.9 Å². The fourth-order valence-corrected chi connectivity index (χ4v) is 4.63. The van der Waals surface area contributed by atoms with E-state index in [0.717, 1.165) is 5.69 Å². The molecule has 0 radical (unpaired) electrons. The van der Waals surface area contributed by atoms with Gasteiger partial charge >= 0.3 is 0 Å². The third-order valence-electron chi connectivity index (χ3n) is 6.07. The molecule has 0 amide bonds. The van der Waals surface area contributed by atoms with E-state index >= 15 is 0 Å². The van der Waals surface area contributed by atoms with Crippen molar-refractivity contribution in [1.29, 1.82) is 0 Å². The molecule has 0 aliphatic carbocycles. The van der Waals surface area contributed by atoms with Gasteiger partial charge in [0.15, 0.2) is 5.11 Å². The van der Waals surface area contributed by atoms with Crippen LogP contribution in [-0.2, 0) is 9.47 Å². The van der Waals surface area contributed by atoms with Crippen molar-refractivity contribution in [2.75, 3.05) is 38.1 Å². The van der Waals surface area contributed by atoms with Crippen LogP contribution in [-0.4, -0.2) is 66.8 Å². The number of halogens is 1. The molecule has 0 unspecified atom stereocenters. The number of hydrogen-bond acceptors (Lipinski definition) is 8. The molecule has 0 saturated carbocycles. The van der Waals surface area contributed by atoms with Gasteiger partial charge in [-0.2, -0.15) is 0 Å². The molecule has 2 aromatic carbocycles. The van der Waals surface area contributed by atoms with E-state index in [1.807, 2.05) is 12.1 Å². The summed E-state index contributed by atoms with van der Waals surface area (Å²) in [5.74, 6) is 1.42. The molecule has 1 aromatic heterocycles. The molecule has 5 rings (SSSR count). The topological polar surface area (TPSA) is 98.8 Å². The maximum absolute atomic E-state index is 13.6. The minimum absolute atomic E-state index is 0.131. The van der Waals surface area contributed by atoms with Crippen molar-refractivity contribution in [2.24, 2.45) is 0 Å². The monoisotopic (exact) mass is 511 g/mol. The van der Waals surface area contributed by atoms with Gasteiger partial charge in [-0.15, -0.1) is 0 Å². The van der Waals surface area contributed by atoms with Gasteiger partial charge in [-0.25, -0.2) is 14.4 Å². The molecular formula is C25H26FN5O4S.